The number of hydrogen-bond acceptors (Lipinski definition) is 2. The van der Waals surface area contributed by atoms with Gasteiger partial charge in [0.1, 0.15) is 0 Å². The van der Waals surface area contributed by atoms with Crippen molar-refractivity contribution in [1.29, 1.82) is 0 Å². The molecule has 0 aliphatic carbocycles. The largest absolute Gasteiger partial charge is 0.398 e. The first kappa shape index (κ1) is 9.07. The van der Waals surface area contributed by atoms with Crippen LogP contribution >= 0.6 is 0 Å². The number of nitrogens with two attached hydrogens (primary N) is 1. The molecule has 0 amide bonds. The Labute approximate surface area is 73.3 Å². The Morgan fingerprint density at radius 1 is 1.33 bits per heavy atom. The van der Waals surface area contributed by atoms with Crippen molar-refractivity contribution in [2.24, 2.45) is 0 Å². The molecule has 0 heterocycles. The molecule has 0 unspecified atom stereocenters. The van der Waals surface area contributed by atoms with Crippen LogP contribution in [0.4, 0.5) is 5.69 Å². The molecule has 66 valence electrons. The van der Waals surface area contributed by atoms with Crippen molar-refractivity contribution in [1.82, 2.24) is 0 Å². The van der Waals surface area contributed by atoms with E-state index in [4.69, 9.17) is 10.5 Å². The topological polar surface area (TPSA) is 35.2 Å². The summed E-state index contributed by atoms with van der Waals surface area (Å²) in [6.45, 7) is 4.63. The minimum absolute atomic E-state index is 0.254. The van der Waals surface area contributed by atoms with Crippen LogP contribution in [0.2, 0.25) is 0 Å². The van der Waals surface area contributed by atoms with E-state index < -0.39 is 0 Å². The smallest absolute Gasteiger partial charge is 0.0740 e. The fraction of sp³-hybridized carbons (Fsp3) is 0.400. The summed E-state index contributed by atoms with van der Waals surface area (Å²) in [7, 11) is 0. The Morgan fingerprint density at radius 3 is 2.58 bits per heavy atom. The van der Waals surface area contributed by atoms with Crippen LogP contribution in [0.25, 0.3) is 0 Å². The van der Waals surface area contributed by atoms with E-state index in [1.165, 1.54) is 0 Å². The van der Waals surface area contributed by atoms with Gasteiger partial charge in [0, 0.05) is 11.3 Å². The highest BCUT2D eigenvalue weighted by Crippen LogP contribution is 2.12. The molecule has 12 heavy (non-hydrogen) atoms. The standard InChI is InChI=1S/C10H15NO/c1-8(2)12-7-9-5-3-4-6-10(9)11/h3-6,8H,7,11H2,1-2H3. The summed E-state index contributed by atoms with van der Waals surface area (Å²) in [6, 6.07) is 7.76. The van der Waals surface area contributed by atoms with Gasteiger partial charge in [-0.1, -0.05) is 18.2 Å². The zero-order valence-corrected chi connectivity index (χ0v) is 7.58. The maximum Gasteiger partial charge on any atom is 0.0740 e. The lowest BCUT2D eigenvalue weighted by molar-refractivity contribution is 0.0661. The number of hydrogen-bond donors (Lipinski definition) is 1. The molecule has 0 radical (unpaired) electrons. The number of nitrogen functional groups attached to an aromatic ring is 1. The highest BCUT2D eigenvalue weighted by Gasteiger charge is 1.98. The Balaban J connectivity index is 2.57. The molecule has 2 nitrogen and oxygen atoms in total. The maximum absolute atomic E-state index is 5.73. The molecule has 0 aliphatic heterocycles. The highest BCUT2D eigenvalue weighted by atomic mass is 16.5. The first-order valence-electron chi connectivity index (χ1n) is 4.15. The molecule has 0 atom stereocenters. The zero-order valence-electron chi connectivity index (χ0n) is 7.58. The van der Waals surface area contributed by atoms with Crippen molar-refractivity contribution in [2.75, 3.05) is 5.73 Å². The monoisotopic (exact) mass is 165 g/mol. The summed E-state index contributed by atoms with van der Waals surface area (Å²) in [6.07, 6.45) is 0.254. The number of anilines is 1. The Hall–Kier alpha value is -1.02. The van der Waals surface area contributed by atoms with Crippen molar-refractivity contribution in [3.05, 3.63) is 29.8 Å². The quantitative estimate of drug-likeness (QED) is 0.697. The summed E-state index contributed by atoms with van der Waals surface area (Å²) < 4.78 is 5.43. The Bertz CT molecular complexity index is 245. The van der Waals surface area contributed by atoms with Gasteiger partial charge < -0.3 is 10.5 Å². The summed E-state index contributed by atoms with van der Waals surface area (Å²) in [5, 5.41) is 0. The molecule has 1 rings (SSSR count). The van der Waals surface area contributed by atoms with Crippen LogP contribution in [0.15, 0.2) is 24.3 Å². The lowest BCUT2D eigenvalue weighted by Crippen LogP contribution is -2.04. The first-order chi connectivity index (χ1) is 5.70. The van der Waals surface area contributed by atoms with E-state index in [1.54, 1.807) is 0 Å². The predicted molar refractivity (Wildman–Crippen MR) is 50.8 cm³/mol. The molecule has 2 N–H and O–H groups in total. The lowest BCUT2D eigenvalue weighted by Gasteiger charge is -2.08. The van der Waals surface area contributed by atoms with Gasteiger partial charge in [-0.3, -0.25) is 0 Å². The van der Waals surface area contributed by atoms with Gasteiger partial charge in [0.05, 0.1) is 12.7 Å². The van der Waals surface area contributed by atoms with Gasteiger partial charge in [-0.15, -0.1) is 0 Å². The van der Waals surface area contributed by atoms with Crippen LogP contribution in [0.3, 0.4) is 0 Å². The van der Waals surface area contributed by atoms with Gasteiger partial charge in [0.25, 0.3) is 0 Å². The van der Waals surface area contributed by atoms with Crippen LogP contribution in [0, 0.1) is 0 Å². The van der Waals surface area contributed by atoms with E-state index in [0.717, 1.165) is 11.3 Å². The van der Waals surface area contributed by atoms with Crippen LogP contribution in [0.5, 0.6) is 0 Å². The Kier molecular flexibility index (Phi) is 3.11. The fourth-order valence-electron chi connectivity index (χ4n) is 0.922. The van der Waals surface area contributed by atoms with E-state index >= 15 is 0 Å². The van der Waals surface area contributed by atoms with Crippen molar-refractivity contribution >= 4 is 5.69 Å². The molecule has 1 aromatic carbocycles. The third kappa shape index (κ3) is 2.55. The van der Waals surface area contributed by atoms with E-state index in [1.807, 2.05) is 38.1 Å². The highest BCUT2D eigenvalue weighted by molar-refractivity contribution is 5.45. The van der Waals surface area contributed by atoms with Crippen LogP contribution in [-0.4, -0.2) is 6.10 Å². The molecule has 0 spiro atoms. The molecule has 0 aromatic heterocycles. The van der Waals surface area contributed by atoms with Crippen molar-refractivity contribution in [3.63, 3.8) is 0 Å². The van der Waals surface area contributed by atoms with E-state index in [9.17, 15) is 0 Å². The maximum atomic E-state index is 5.73. The molecule has 0 bridgehead atoms. The number of benzene rings is 1. The minimum atomic E-state index is 0.254. The third-order valence-electron chi connectivity index (χ3n) is 1.63. The van der Waals surface area contributed by atoms with Gasteiger partial charge >= 0.3 is 0 Å². The van der Waals surface area contributed by atoms with Crippen LogP contribution < -0.4 is 5.73 Å². The van der Waals surface area contributed by atoms with Gasteiger partial charge in [-0.05, 0) is 19.9 Å². The van der Waals surface area contributed by atoms with Crippen molar-refractivity contribution in [3.8, 4) is 0 Å². The predicted octanol–water partition coefficient (Wildman–Crippen LogP) is 2.19. The van der Waals surface area contributed by atoms with Gasteiger partial charge in [0.15, 0.2) is 0 Å². The minimum Gasteiger partial charge on any atom is -0.398 e. The van der Waals surface area contributed by atoms with Gasteiger partial charge in [-0.25, -0.2) is 0 Å². The average Bonchev–Trinajstić information content (AvgIpc) is 2.03. The molecule has 2 heteroatoms. The van der Waals surface area contributed by atoms with Gasteiger partial charge in [0.2, 0.25) is 0 Å². The molecule has 0 aliphatic rings. The SMILES string of the molecule is CC(C)OCc1ccccc1N. The number of rotatable bonds is 3. The summed E-state index contributed by atoms with van der Waals surface area (Å²) in [5.74, 6) is 0. The summed E-state index contributed by atoms with van der Waals surface area (Å²) in [5.41, 5.74) is 7.59. The lowest BCUT2D eigenvalue weighted by atomic mass is 10.2. The summed E-state index contributed by atoms with van der Waals surface area (Å²) in [4.78, 5) is 0. The number of para-hydroxylation sites is 1. The molecule has 1 aromatic rings. The molecular formula is C10H15NO. The average molecular weight is 165 g/mol. The van der Waals surface area contributed by atoms with Gasteiger partial charge in [-0.2, -0.15) is 0 Å². The van der Waals surface area contributed by atoms with Crippen molar-refractivity contribution < 1.29 is 4.74 Å². The van der Waals surface area contributed by atoms with Crippen LogP contribution in [0.1, 0.15) is 19.4 Å². The first-order valence-corrected chi connectivity index (χ1v) is 4.15. The molecule has 0 saturated heterocycles. The third-order valence-corrected chi connectivity index (χ3v) is 1.63. The van der Waals surface area contributed by atoms with E-state index in [0.29, 0.717) is 6.61 Å². The Morgan fingerprint density at radius 2 is 2.00 bits per heavy atom. The molecule has 0 fully saturated rings. The molecular weight excluding hydrogens is 150 g/mol. The normalized spacial score (nSPS) is 10.6. The second-order valence-electron chi connectivity index (χ2n) is 3.06. The summed E-state index contributed by atoms with van der Waals surface area (Å²) >= 11 is 0. The van der Waals surface area contributed by atoms with Crippen LogP contribution in [-0.2, 0) is 11.3 Å². The number of ether oxygens (including phenoxy) is 1. The van der Waals surface area contributed by atoms with E-state index in [-0.39, 0.29) is 6.10 Å². The van der Waals surface area contributed by atoms with Crippen molar-refractivity contribution in [2.45, 2.75) is 26.6 Å². The zero-order chi connectivity index (χ0) is 8.97. The van der Waals surface area contributed by atoms with E-state index in [2.05, 4.69) is 0 Å². The second-order valence-corrected chi connectivity index (χ2v) is 3.06. The second kappa shape index (κ2) is 4.12. The molecule has 0 saturated carbocycles. The fourth-order valence-corrected chi connectivity index (χ4v) is 0.922.